The second kappa shape index (κ2) is 8.31. The van der Waals surface area contributed by atoms with Crippen molar-refractivity contribution in [2.45, 2.75) is 58.5 Å². The van der Waals surface area contributed by atoms with Crippen molar-refractivity contribution in [1.82, 2.24) is 4.57 Å². The van der Waals surface area contributed by atoms with Crippen molar-refractivity contribution in [3.63, 3.8) is 0 Å². The number of anilines is 1. The number of benzene rings is 1. The van der Waals surface area contributed by atoms with E-state index < -0.39 is 0 Å². The van der Waals surface area contributed by atoms with Crippen LogP contribution in [-0.4, -0.2) is 30.0 Å². The van der Waals surface area contributed by atoms with E-state index in [-0.39, 0.29) is 23.9 Å². The van der Waals surface area contributed by atoms with Crippen LogP contribution in [-0.2, 0) is 16.0 Å². The molecule has 2 rings (SSSR count). The van der Waals surface area contributed by atoms with Crippen molar-refractivity contribution in [3.05, 3.63) is 40.7 Å². The zero-order chi connectivity index (χ0) is 17.7. The lowest BCUT2D eigenvalue weighted by molar-refractivity contribution is -0.0853. The van der Waals surface area contributed by atoms with Crippen LogP contribution >= 0.6 is 0 Å². The number of nitrogens with two attached hydrogens (primary N) is 1. The number of nitrogen functional groups attached to an aromatic ring is 1. The van der Waals surface area contributed by atoms with Crippen LogP contribution in [0.25, 0.3) is 10.9 Å². The van der Waals surface area contributed by atoms with Crippen molar-refractivity contribution in [1.29, 1.82) is 0 Å². The van der Waals surface area contributed by atoms with Gasteiger partial charge in [0.05, 0.1) is 23.8 Å². The number of ether oxygens (including phenoxy) is 2. The molecule has 2 unspecified atom stereocenters. The van der Waals surface area contributed by atoms with Crippen LogP contribution in [0, 0.1) is 0 Å². The first-order valence-corrected chi connectivity index (χ1v) is 8.53. The normalized spacial score (nSPS) is 14.2. The fourth-order valence-electron chi connectivity index (χ4n) is 3.06. The molecule has 2 N–H and O–H groups in total. The third-order valence-electron chi connectivity index (χ3n) is 4.22. The molecule has 0 amide bonds. The van der Waals surface area contributed by atoms with Crippen molar-refractivity contribution < 1.29 is 9.47 Å². The number of hydrogen-bond acceptors (Lipinski definition) is 4. The first-order chi connectivity index (χ1) is 11.5. The molecule has 0 aliphatic heterocycles. The van der Waals surface area contributed by atoms with Crippen LogP contribution in [0.5, 0.6) is 0 Å². The summed E-state index contributed by atoms with van der Waals surface area (Å²) in [5, 5.41) is 1.00. The molecule has 0 bridgehead atoms. The third kappa shape index (κ3) is 4.36. The number of pyridine rings is 1. The highest BCUT2D eigenvalue weighted by Crippen LogP contribution is 2.18. The Morgan fingerprint density at radius 2 is 1.88 bits per heavy atom. The molecule has 0 aliphatic rings. The molecule has 0 radical (unpaired) electrons. The Kier molecular flexibility index (Phi) is 6.40. The summed E-state index contributed by atoms with van der Waals surface area (Å²) in [6.45, 7) is 6.67. The van der Waals surface area contributed by atoms with Gasteiger partial charge in [-0.1, -0.05) is 13.0 Å². The van der Waals surface area contributed by atoms with Crippen molar-refractivity contribution in [2.75, 3.05) is 12.8 Å². The SMILES string of the molecule is CCC(OC)C(CCn1c(=O)ccc2ccc(N)cc21)OC(C)C. The Morgan fingerprint density at radius 3 is 2.50 bits per heavy atom. The number of aromatic nitrogens is 1. The van der Waals surface area contributed by atoms with Gasteiger partial charge < -0.3 is 19.8 Å². The average molecular weight is 332 g/mol. The van der Waals surface area contributed by atoms with E-state index in [9.17, 15) is 4.79 Å². The summed E-state index contributed by atoms with van der Waals surface area (Å²) in [6, 6.07) is 9.07. The predicted molar refractivity (Wildman–Crippen MR) is 98.3 cm³/mol. The number of hydrogen-bond donors (Lipinski definition) is 1. The molecule has 0 aliphatic carbocycles. The minimum absolute atomic E-state index is 0.0168. The lowest BCUT2D eigenvalue weighted by Crippen LogP contribution is -2.34. The maximum Gasteiger partial charge on any atom is 0.251 e. The van der Waals surface area contributed by atoms with Gasteiger partial charge in [0.15, 0.2) is 0 Å². The van der Waals surface area contributed by atoms with E-state index in [1.54, 1.807) is 17.7 Å². The monoisotopic (exact) mass is 332 g/mol. The Labute approximate surface area is 143 Å². The molecule has 132 valence electrons. The zero-order valence-electron chi connectivity index (χ0n) is 15.0. The van der Waals surface area contributed by atoms with E-state index in [0.29, 0.717) is 18.7 Å². The fraction of sp³-hybridized carbons (Fsp3) is 0.526. The van der Waals surface area contributed by atoms with Gasteiger partial charge >= 0.3 is 0 Å². The lowest BCUT2D eigenvalue weighted by atomic mass is 10.1. The summed E-state index contributed by atoms with van der Waals surface area (Å²) in [5.74, 6) is 0. The van der Waals surface area contributed by atoms with Crippen LogP contribution in [0.2, 0.25) is 0 Å². The van der Waals surface area contributed by atoms with E-state index in [4.69, 9.17) is 15.2 Å². The molecule has 1 heterocycles. The zero-order valence-corrected chi connectivity index (χ0v) is 15.0. The van der Waals surface area contributed by atoms with Crippen LogP contribution in [0.3, 0.4) is 0 Å². The van der Waals surface area contributed by atoms with Crippen LogP contribution in [0.15, 0.2) is 35.1 Å². The number of fused-ring (bicyclic) bond motifs is 1. The molecule has 2 atom stereocenters. The molecule has 5 nitrogen and oxygen atoms in total. The highest BCUT2D eigenvalue weighted by atomic mass is 16.5. The second-order valence-electron chi connectivity index (χ2n) is 6.34. The summed E-state index contributed by atoms with van der Waals surface area (Å²) in [5.41, 5.74) is 7.38. The van der Waals surface area contributed by atoms with Gasteiger partial charge in [-0.25, -0.2) is 0 Å². The van der Waals surface area contributed by atoms with Gasteiger partial charge in [-0.05, 0) is 50.3 Å². The van der Waals surface area contributed by atoms with Crippen molar-refractivity contribution >= 4 is 16.6 Å². The van der Waals surface area contributed by atoms with Gasteiger partial charge in [0, 0.05) is 25.4 Å². The molecular formula is C19H28N2O3. The van der Waals surface area contributed by atoms with E-state index in [2.05, 4.69) is 6.92 Å². The smallest absolute Gasteiger partial charge is 0.251 e. The van der Waals surface area contributed by atoms with Gasteiger partial charge in [0.2, 0.25) is 0 Å². The van der Waals surface area contributed by atoms with E-state index in [0.717, 1.165) is 17.3 Å². The maximum absolute atomic E-state index is 12.3. The lowest BCUT2D eigenvalue weighted by Gasteiger charge is -2.27. The Balaban J connectivity index is 2.28. The molecule has 1 aromatic heterocycles. The van der Waals surface area contributed by atoms with Gasteiger partial charge in [0.25, 0.3) is 5.56 Å². The van der Waals surface area contributed by atoms with E-state index >= 15 is 0 Å². The molecule has 0 fully saturated rings. The van der Waals surface area contributed by atoms with Gasteiger partial charge in [0.1, 0.15) is 0 Å². The molecule has 0 saturated carbocycles. The highest BCUT2D eigenvalue weighted by molar-refractivity contribution is 5.82. The molecule has 0 saturated heterocycles. The van der Waals surface area contributed by atoms with Gasteiger partial charge in [-0.15, -0.1) is 0 Å². The van der Waals surface area contributed by atoms with Crippen molar-refractivity contribution in [3.8, 4) is 0 Å². The first-order valence-electron chi connectivity index (χ1n) is 8.53. The topological polar surface area (TPSA) is 66.5 Å². The highest BCUT2D eigenvalue weighted by Gasteiger charge is 2.22. The molecule has 24 heavy (non-hydrogen) atoms. The molecular weight excluding hydrogens is 304 g/mol. The Hall–Kier alpha value is -1.85. The fourth-order valence-corrected chi connectivity index (χ4v) is 3.06. The van der Waals surface area contributed by atoms with Crippen LogP contribution < -0.4 is 11.3 Å². The Morgan fingerprint density at radius 1 is 1.17 bits per heavy atom. The summed E-state index contributed by atoms with van der Waals surface area (Å²) < 4.78 is 13.4. The number of aryl methyl sites for hydroxylation is 1. The maximum atomic E-state index is 12.3. The Bertz CT molecular complexity index is 720. The predicted octanol–water partition coefficient (Wildman–Crippen LogP) is 3.19. The number of rotatable bonds is 8. The summed E-state index contributed by atoms with van der Waals surface area (Å²) in [6.07, 6.45) is 1.65. The van der Waals surface area contributed by atoms with E-state index in [1.165, 1.54) is 0 Å². The molecule has 1 aromatic carbocycles. The summed E-state index contributed by atoms with van der Waals surface area (Å²) >= 11 is 0. The molecule has 5 heteroatoms. The minimum atomic E-state index is -0.0526. The van der Waals surface area contributed by atoms with E-state index in [1.807, 2.05) is 38.1 Å². The standard InChI is InChI=1S/C19H28N2O3/c1-5-17(23-4)18(24-13(2)3)10-11-21-16-12-15(20)8-6-14(16)7-9-19(21)22/h6-9,12-13,17-18H,5,10-11,20H2,1-4H3. The second-order valence-corrected chi connectivity index (χ2v) is 6.34. The third-order valence-corrected chi connectivity index (χ3v) is 4.22. The molecule has 2 aromatic rings. The average Bonchev–Trinajstić information content (AvgIpc) is 2.54. The summed E-state index contributed by atoms with van der Waals surface area (Å²) in [7, 11) is 1.70. The largest absolute Gasteiger partial charge is 0.399 e. The number of methoxy groups -OCH3 is 1. The van der Waals surface area contributed by atoms with Crippen LogP contribution in [0.4, 0.5) is 5.69 Å². The van der Waals surface area contributed by atoms with Crippen LogP contribution in [0.1, 0.15) is 33.6 Å². The van der Waals surface area contributed by atoms with Gasteiger partial charge in [-0.2, -0.15) is 0 Å². The number of nitrogens with zero attached hydrogens (tertiary/aromatic N) is 1. The minimum Gasteiger partial charge on any atom is -0.399 e. The van der Waals surface area contributed by atoms with Gasteiger partial charge in [-0.3, -0.25) is 4.79 Å². The molecule has 0 spiro atoms. The summed E-state index contributed by atoms with van der Waals surface area (Å²) in [4.78, 5) is 12.3. The van der Waals surface area contributed by atoms with Crippen molar-refractivity contribution in [2.24, 2.45) is 0 Å². The quantitative estimate of drug-likeness (QED) is 0.754. The first kappa shape index (κ1) is 18.5.